The third kappa shape index (κ3) is 3.35. The van der Waals surface area contributed by atoms with Gasteiger partial charge in [0.05, 0.1) is 7.11 Å². The second-order valence-electron chi connectivity index (χ2n) is 4.45. The molecule has 0 fully saturated rings. The molecule has 0 bridgehead atoms. The van der Waals surface area contributed by atoms with Crippen molar-refractivity contribution in [2.75, 3.05) is 7.11 Å². The Hall–Kier alpha value is -1.46. The van der Waals surface area contributed by atoms with Gasteiger partial charge in [0.15, 0.2) is 11.6 Å². The van der Waals surface area contributed by atoms with Crippen molar-refractivity contribution in [3.05, 3.63) is 63.6 Å². The van der Waals surface area contributed by atoms with Crippen molar-refractivity contribution in [3.8, 4) is 5.75 Å². The molecule has 0 saturated carbocycles. The second kappa shape index (κ2) is 6.33. The topological polar surface area (TPSA) is 35.2 Å². The van der Waals surface area contributed by atoms with Crippen LogP contribution in [0.15, 0.2) is 40.9 Å². The van der Waals surface area contributed by atoms with Crippen LogP contribution in [0.25, 0.3) is 0 Å². The summed E-state index contributed by atoms with van der Waals surface area (Å²) >= 11 is 3.21. The Morgan fingerprint density at radius 3 is 2.65 bits per heavy atom. The monoisotopic (exact) mass is 341 g/mol. The first-order valence-electron chi connectivity index (χ1n) is 6.04. The number of ether oxygens (including phenoxy) is 1. The molecule has 2 N–H and O–H groups in total. The molecule has 0 aliphatic heterocycles. The zero-order valence-electron chi connectivity index (χ0n) is 10.9. The van der Waals surface area contributed by atoms with Crippen LogP contribution in [0, 0.1) is 11.6 Å². The molecule has 0 amide bonds. The van der Waals surface area contributed by atoms with Gasteiger partial charge in [-0.3, -0.25) is 0 Å². The van der Waals surface area contributed by atoms with Gasteiger partial charge in [-0.05, 0) is 41.8 Å². The maximum absolute atomic E-state index is 14.0. The Bertz CT molecular complexity index is 599. The molecule has 0 aliphatic carbocycles. The van der Waals surface area contributed by atoms with Crippen molar-refractivity contribution < 1.29 is 13.5 Å². The quantitative estimate of drug-likeness (QED) is 0.912. The van der Waals surface area contributed by atoms with Crippen LogP contribution in [0.1, 0.15) is 17.2 Å². The fourth-order valence-corrected chi connectivity index (χ4v) is 2.50. The highest BCUT2D eigenvalue weighted by molar-refractivity contribution is 9.10. The van der Waals surface area contributed by atoms with Crippen LogP contribution in [0.5, 0.6) is 5.75 Å². The minimum atomic E-state index is -0.497. The molecule has 2 nitrogen and oxygen atoms in total. The number of methoxy groups -OCH3 is 1. The molecule has 0 radical (unpaired) electrons. The third-order valence-electron chi connectivity index (χ3n) is 3.02. The van der Waals surface area contributed by atoms with E-state index in [9.17, 15) is 8.78 Å². The van der Waals surface area contributed by atoms with Crippen LogP contribution in [0.3, 0.4) is 0 Å². The van der Waals surface area contributed by atoms with Crippen molar-refractivity contribution in [1.82, 2.24) is 0 Å². The highest BCUT2D eigenvalue weighted by Gasteiger charge is 2.14. The van der Waals surface area contributed by atoms with E-state index in [1.54, 1.807) is 24.3 Å². The number of halogens is 3. The van der Waals surface area contributed by atoms with Gasteiger partial charge in [-0.25, -0.2) is 8.78 Å². The summed E-state index contributed by atoms with van der Waals surface area (Å²) < 4.78 is 32.9. The first-order valence-corrected chi connectivity index (χ1v) is 6.83. The first-order chi connectivity index (χ1) is 9.51. The van der Waals surface area contributed by atoms with Crippen LogP contribution in [0.4, 0.5) is 8.78 Å². The Balaban J connectivity index is 2.25. The van der Waals surface area contributed by atoms with E-state index in [4.69, 9.17) is 10.5 Å². The summed E-state index contributed by atoms with van der Waals surface area (Å²) in [4.78, 5) is 0. The van der Waals surface area contributed by atoms with Gasteiger partial charge in [-0.2, -0.15) is 0 Å². The summed E-state index contributed by atoms with van der Waals surface area (Å²) in [6, 6.07) is 8.83. The van der Waals surface area contributed by atoms with Crippen molar-refractivity contribution in [2.45, 2.75) is 12.5 Å². The molecule has 20 heavy (non-hydrogen) atoms. The zero-order valence-corrected chi connectivity index (χ0v) is 12.5. The molecule has 1 unspecified atom stereocenters. The van der Waals surface area contributed by atoms with Crippen LogP contribution >= 0.6 is 15.9 Å². The summed E-state index contributed by atoms with van der Waals surface area (Å²) in [6.07, 6.45) is 0.263. The van der Waals surface area contributed by atoms with Crippen LogP contribution < -0.4 is 10.5 Å². The molecule has 2 aromatic rings. The lowest BCUT2D eigenvalue weighted by Gasteiger charge is -2.14. The van der Waals surface area contributed by atoms with Gasteiger partial charge in [0.25, 0.3) is 0 Å². The predicted molar refractivity (Wildman–Crippen MR) is 77.7 cm³/mol. The highest BCUT2D eigenvalue weighted by Crippen LogP contribution is 2.26. The Morgan fingerprint density at radius 1 is 1.25 bits per heavy atom. The summed E-state index contributed by atoms with van der Waals surface area (Å²) in [6.45, 7) is 0. The smallest absolute Gasteiger partial charge is 0.168 e. The molecule has 0 aliphatic rings. The van der Waals surface area contributed by atoms with Gasteiger partial charge in [-0.1, -0.05) is 28.1 Å². The van der Waals surface area contributed by atoms with E-state index in [0.29, 0.717) is 15.6 Å². The van der Waals surface area contributed by atoms with Gasteiger partial charge in [-0.15, -0.1) is 0 Å². The maximum Gasteiger partial charge on any atom is 0.168 e. The Kier molecular flexibility index (Phi) is 4.73. The molecule has 106 valence electrons. The van der Waals surface area contributed by atoms with Gasteiger partial charge in [0, 0.05) is 10.5 Å². The van der Waals surface area contributed by atoms with E-state index < -0.39 is 11.9 Å². The molecular weight excluding hydrogens is 328 g/mol. The number of benzene rings is 2. The fraction of sp³-hybridized carbons (Fsp3) is 0.200. The number of hydrogen-bond donors (Lipinski definition) is 1. The largest absolute Gasteiger partial charge is 0.494 e. The molecule has 2 aromatic carbocycles. The van der Waals surface area contributed by atoms with Crippen molar-refractivity contribution in [2.24, 2.45) is 5.73 Å². The molecule has 0 spiro atoms. The van der Waals surface area contributed by atoms with E-state index in [-0.39, 0.29) is 18.0 Å². The third-order valence-corrected chi connectivity index (χ3v) is 3.47. The van der Waals surface area contributed by atoms with E-state index >= 15 is 0 Å². The average Bonchev–Trinajstić information content (AvgIpc) is 2.40. The molecule has 2 rings (SSSR count). The van der Waals surface area contributed by atoms with Gasteiger partial charge in [0.2, 0.25) is 0 Å². The standard InChI is InChI=1S/C15H14BrF2NO/c1-20-14-4-2-3-9(15(14)18)7-13(19)10-5-11(16)8-12(17)6-10/h2-6,8,13H,7,19H2,1H3. The minimum absolute atomic E-state index is 0.176. The van der Waals surface area contributed by atoms with E-state index in [2.05, 4.69) is 15.9 Å². The van der Waals surface area contributed by atoms with E-state index in [0.717, 1.165) is 0 Å². The average molecular weight is 342 g/mol. The Labute approximate surface area is 124 Å². The lowest BCUT2D eigenvalue weighted by molar-refractivity contribution is 0.383. The number of nitrogens with two attached hydrogens (primary N) is 1. The summed E-state index contributed by atoms with van der Waals surface area (Å²) in [5.41, 5.74) is 7.08. The molecular formula is C15H14BrF2NO. The zero-order chi connectivity index (χ0) is 14.7. The molecule has 0 saturated heterocycles. The molecule has 0 aromatic heterocycles. The lowest BCUT2D eigenvalue weighted by atomic mass is 9.99. The number of hydrogen-bond acceptors (Lipinski definition) is 2. The lowest BCUT2D eigenvalue weighted by Crippen LogP contribution is -2.14. The summed E-state index contributed by atoms with van der Waals surface area (Å²) in [7, 11) is 1.41. The van der Waals surface area contributed by atoms with Gasteiger partial charge >= 0.3 is 0 Å². The van der Waals surface area contributed by atoms with Gasteiger partial charge < -0.3 is 10.5 Å². The second-order valence-corrected chi connectivity index (χ2v) is 5.36. The van der Waals surface area contributed by atoms with Crippen LogP contribution in [0.2, 0.25) is 0 Å². The van der Waals surface area contributed by atoms with E-state index in [1.807, 2.05) is 0 Å². The fourth-order valence-electron chi connectivity index (χ4n) is 2.02. The minimum Gasteiger partial charge on any atom is -0.494 e. The summed E-state index contributed by atoms with van der Waals surface area (Å²) in [5.74, 6) is -0.632. The predicted octanol–water partition coefficient (Wildman–Crippen LogP) is 3.98. The number of rotatable bonds is 4. The molecule has 1 atom stereocenters. The SMILES string of the molecule is COc1cccc(CC(N)c2cc(F)cc(Br)c2)c1F. The maximum atomic E-state index is 14.0. The summed E-state index contributed by atoms with van der Waals surface area (Å²) in [5, 5.41) is 0. The molecule has 5 heteroatoms. The van der Waals surface area contributed by atoms with Crippen molar-refractivity contribution >= 4 is 15.9 Å². The van der Waals surface area contributed by atoms with Crippen molar-refractivity contribution in [1.29, 1.82) is 0 Å². The van der Waals surface area contributed by atoms with Gasteiger partial charge in [0.1, 0.15) is 5.82 Å². The van der Waals surface area contributed by atoms with E-state index in [1.165, 1.54) is 19.2 Å². The normalized spacial score (nSPS) is 12.2. The highest BCUT2D eigenvalue weighted by atomic mass is 79.9. The first kappa shape index (κ1) is 14.9. The van der Waals surface area contributed by atoms with Crippen LogP contribution in [-0.2, 0) is 6.42 Å². The molecule has 0 heterocycles. The van der Waals surface area contributed by atoms with Crippen molar-refractivity contribution in [3.63, 3.8) is 0 Å². The Morgan fingerprint density at radius 2 is 2.00 bits per heavy atom. The van der Waals surface area contributed by atoms with Crippen LogP contribution in [-0.4, -0.2) is 7.11 Å².